The average molecular weight is 241 g/mol. The molecule has 0 radical (unpaired) electrons. The lowest BCUT2D eigenvalue weighted by molar-refractivity contribution is -0.123. The van der Waals surface area contributed by atoms with E-state index >= 15 is 0 Å². The zero-order valence-corrected chi connectivity index (χ0v) is 10.5. The predicted molar refractivity (Wildman–Crippen MR) is 65.3 cm³/mol. The van der Waals surface area contributed by atoms with E-state index in [0.717, 1.165) is 32.5 Å². The van der Waals surface area contributed by atoms with Gasteiger partial charge in [0.1, 0.15) is 0 Å². The minimum atomic E-state index is -0.774. The second kappa shape index (κ2) is 4.92. The normalized spacial score (nSPS) is 38.7. The van der Waals surface area contributed by atoms with Crippen molar-refractivity contribution in [3.05, 3.63) is 0 Å². The lowest BCUT2D eigenvalue weighted by atomic mass is 9.98. The molecule has 3 atom stereocenters. The summed E-state index contributed by atoms with van der Waals surface area (Å²) in [5.74, 6) is 0.272. The van der Waals surface area contributed by atoms with Crippen LogP contribution in [-0.4, -0.2) is 49.2 Å². The molecule has 3 unspecified atom stereocenters. The Morgan fingerprint density at radius 2 is 2.29 bits per heavy atom. The van der Waals surface area contributed by atoms with E-state index in [-0.39, 0.29) is 5.91 Å². The molecule has 1 aliphatic carbocycles. The number of nitrogens with zero attached hydrogens (tertiary/aromatic N) is 1. The van der Waals surface area contributed by atoms with Gasteiger partial charge in [-0.2, -0.15) is 0 Å². The van der Waals surface area contributed by atoms with E-state index in [4.69, 9.17) is 16.2 Å². The third-order valence-corrected chi connectivity index (χ3v) is 4.25. The highest BCUT2D eigenvalue weighted by Crippen LogP contribution is 2.33. The number of hydrogen-bond donors (Lipinski definition) is 2. The fourth-order valence-corrected chi connectivity index (χ4v) is 3.15. The third kappa shape index (κ3) is 2.61. The molecule has 0 aromatic rings. The van der Waals surface area contributed by atoms with Crippen molar-refractivity contribution in [2.75, 3.05) is 26.8 Å². The van der Waals surface area contributed by atoms with Gasteiger partial charge in [0.05, 0.1) is 12.1 Å². The van der Waals surface area contributed by atoms with Crippen LogP contribution in [0.15, 0.2) is 0 Å². The highest BCUT2D eigenvalue weighted by molar-refractivity contribution is 5.84. The molecule has 1 heterocycles. The summed E-state index contributed by atoms with van der Waals surface area (Å²) in [6, 6.07) is 0.425. The van der Waals surface area contributed by atoms with Gasteiger partial charge in [-0.3, -0.25) is 9.69 Å². The Morgan fingerprint density at radius 3 is 2.88 bits per heavy atom. The number of carbonyl (C=O) groups is 1. The Kier molecular flexibility index (Phi) is 3.70. The molecular formula is C12H23N3O2. The number of rotatable bonds is 4. The maximum atomic E-state index is 11.3. The van der Waals surface area contributed by atoms with Crippen LogP contribution < -0.4 is 11.5 Å². The van der Waals surface area contributed by atoms with Crippen molar-refractivity contribution >= 4 is 5.91 Å². The quantitative estimate of drug-likeness (QED) is 0.707. The van der Waals surface area contributed by atoms with Gasteiger partial charge in [-0.1, -0.05) is 0 Å². The molecular weight excluding hydrogens is 218 g/mol. The monoisotopic (exact) mass is 241 g/mol. The van der Waals surface area contributed by atoms with Gasteiger partial charge in [0.15, 0.2) is 0 Å². The van der Waals surface area contributed by atoms with Crippen LogP contribution in [-0.2, 0) is 9.53 Å². The van der Waals surface area contributed by atoms with E-state index in [0.29, 0.717) is 18.4 Å². The second-order valence-corrected chi connectivity index (χ2v) is 5.52. The van der Waals surface area contributed by atoms with Crippen LogP contribution >= 0.6 is 0 Å². The van der Waals surface area contributed by atoms with Gasteiger partial charge in [-0.05, 0) is 38.1 Å². The molecule has 5 nitrogen and oxygen atoms in total. The molecule has 0 aromatic carbocycles. The Labute approximate surface area is 102 Å². The molecule has 2 fully saturated rings. The number of carbonyl (C=O) groups excluding carboxylic acids is 1. The lowest BCUT2D eigenvalue weighted by Crippen LogP contribution is -2.51. The topological polar surface area (TPSA) is 81.6 Å². The smallest absolute Gasteiger partial charge is 0.237 e. The lowest BCUT2D eigenvalue weighted by Gasteiger charge is -2.26. The standard InChI is InChI=1S/C12H23N3O2/c1-17-8-9-3-5-15(7-9)10-2-4-12(14,6-10)11(13)16/h9-10H,2-8,14H2,1H3,(H2,13,16). The Morgan fingerprint density at radius 1 is 1.53 bits per heavy atom. The maximum Gasteiger partial charge on any atom is 0.237 e. The summed E-state index contributed by atoms with van der Waals surface area (Å²) in [4.78, 5) is 13.8. The number of methoxy groups -OCH3 is 1. The first-order chi connectivity index (χ1) is 8.05. The largest absolute Gasteiger partial charge is 0.384 e. The van der Waals surface area contributed by atoms with Gasteiger partial charge in [-0.25, -0.2) is 0 Å². The summed E-state index contributed by atoms with van der Waals surface area (Å²) in [6.07, 6.45) is 3.60. The van der Waals surface area contributed by atoms with Crippen molar-refractivity contribution in [1.29, 1.82) is 0 Å². The SMILES string of the molecule is COCC1CCN(C2CCC(N)(C(N)=O)C2)C1. The number of primary amides is 1. The molecule has 1 amide bonds. The molecule has 0 bridgehead atoms. The van der Waals surface area contributed by atoms with Crippen molar-refractivity contribution in [3.8, 4) is 0 Å². The van der Waals surface area contributed by atoms with Crippen LogP contribution in [0.1, 0.15) is 25.7 Å². The summed E-state index contributed by atoms with van der Waals surface area (Å²) >= 11 is 0. The van der Waals surface area contributed by atoms with E-state index in [1.807, 2.05) is 0 Å². The molecule has 98 valence electrons. The van der Waals surface area contributed by atoms with Crippen LogP contribution in [0.2, 0.25) is 0 Å². The molecule has 17 heavy (non-hydrogen) atoms. The highest BCUT2D eigenvalue weighted by atomic mass is 16.5. The highest BCUT2D eigenvalue weighted by Gasteiger charge is 2.43. The Bertz CT molecular complexity index is 297. The minimum Gasteiger partial charge on any atom is -0.384 e. The van der Waals surface area contributed by atoms with Crippen molar-refractivity contribution in [2.24, 2.45) is 17.4 Å². The van der Waals surface area contributed by atoms with Crippen LogP contribution in [0, 0.1) is 5.92 Å². The van der Waals surface area contributed by atoms with Crippen LogP contribution in [0.3, 0.4) is 0 Å². The van der Waals surface area contributed by atoms with Gasteiger partial charge < -0.3 is 16.2 Å². The summed E-state index contributed by atoms with van der Waals surface area (Å²) < 4.78 is 5.19. The molecule has 1 saturated carbocycles. The van der Waals surface area contributed by atoms with Gasteiger partial charge in [0.25, 0.3) is 0 Å². The molecule has 1 aliphatic heterocycles. The van der Waals surface area contributed by atoms with Crippen molar-refractivity contribution in [1.82, 2.24) is 4.90 Å². The molecule has 5 heteroatoms. The summed E-state index contributed by atoms with van der Waals surface area (Å²) in [5.41, 5.74) is 10.6. The van der Waals surface area contributed by atoms with Crippen LogP contribution in [0.4, 0.5) is 0 Å². The fourth-order valence-electron chi connectivity index (χ4n) is 3.15. The minimum absolute atomic E-state index is 0.354. The van der Waals surface area contributed by atoms with E-state index in [9.17, 15) is 4.79 Å². The first-order valence-electron chi connectivity index (χ1n) is 6.37. The summed E-state index contributed by atoms with van der Waals surface area (Å²) in [6.45, 7) is 2.98. The van der Waals surface area contributed by atoms with Gasteiger partial charge in [-0.15, -0.1) is 0 Å². The molecule has 2 rings (SSSR count). The van der Waals surface area contributed by atoms with Crippen molar-refractivity contribution in [3.63, 3.8) is 0 Å². The number of likely N-dealkylation sites (tertiary alicyclic amines) is 1. The fraction of sp³-hybridized carbons (Fsp3) is 0.917. The molecule has 1 saturated heterocycles. The Hall–Kier alpha value is -0.650. The van der Waals surface area contributed by atoms with E-state index in [1.165, 1.54) is 6.42 Å². The summed E-state index contributed by atoms with van der Waals surface area (Å²) in [7, 11) is 1.75. The molecule has 0 aromatic heterocycles. The average Bonchev–Trinajstić information content (AvgIpc) is 2.86. The zero-order chi connectivity index (χ0) is 12.5. The van der Waals surface area contributed by atoms with Crippen LogP contribution in [0.25, 0.3) is 0 Å². The number of amides is 1. The van der Waals surface area contributed by atoms with E-state index < -0.39 is 5.54 Å². The first-order valence-corrected chi connectivity index (χ1v) is 6.37. The maximum absolute atomic E-state index is 11.3. The second-order valence-electron chi connectivity index (χ2n) is 5.52. The van der Waals surface area contributed by atoms with E-state index in [2.05, 4.69) is 4.90 Å². The number of ether oxygens (including phenoxy) is 1. The molecule has 4 N–H and O–H groups in total. The number of nitrogens with two attached hydrogens (primary N) is 2. The third-order valence-electron chi connectivity index (χ3n) is 4.25. The van der Waals surface area contributed by atoms with Gasteiger partial charge >= 0.3 is 0 Å². The van der Waals surface area contributed by atoms with E-state index in [1.54, 1.807) is 7.11 Å². The van der Waals surface area contributed by atoms with Gasteiger partial charge in [0.2, 0.25) is 5.91 Å². The first kappa shape index (κ1) is 12.8. The zero-order valence-electron chi connectivity index (χ0n) is 10.5. The number of hydrogen-bond acceptors (Lipinski definition) is 4. The van der Waals surface area contributed by atoms with Gasteiger partial charge in [0, 0.05) is 19.7 Å². The summed E-state index contributed by atoms with van der Waals surface area (Å²) in [5, 5.41) is 0. The van der Waals surface area contributed by atoms with Crippen LogP contribution in [0.5, 0.6) is 0 Å². The van der Waals surface area contributed by atoms with Crippen molar-refractivity contribution in [2.45, 2.75) is 37.3 Å². The van der Waals surface area contributed by atoms with Crippen molar-refractivity contribution < 1.29 is 9.53 Å². The predicted octanol–water partition coefficient (Wildman–Crippen LogP) is -0.310. The molecule has 0 spiro atoms. The molecule has 2 aliphatic rings. The Balaban J connectivity index is 1.88.